The summed E-state index contributed by atoms with van der Waals surface area (Å²) in [6.45, 7) is -0.501. The van der Waals surface area contributed by atoms with Gasteiger partial charge in [-0.1, -0.05) is 23.2 Å². The van der Waals surface area contributed by atoms with Crippen LogP contribution in [-0.4, -0.2) is 48.0 Å². The lowest BCUT2D eigenvalue weighted by Gasteiger charge is -2.33. The van der Waals surface area contributed by atoms with Gasteiger partial charge >= 0.3 is 0 Å². The van der Waals surface area contributed by atoms with E-state index in [1.54, 1.807) is 36.7 Å². The first-order valence-electron chi connectivity index (χ1n) is 8.95. The fourth-order valence-corrected chi connectivity index (χ4v) is 3.67. The fourth-order valence-electron chi connectivity index (χ4n) is 3.38. The van der Waals surface area contributed by atoms with Crippen LogP contribution < -0.4 is 9.80 Å². The number of hydrogen-bond donors (Lipinski definition) is 0. The lowest BCUT2D eigenvalue weighted by atomic mass is 10.0. The van der Waals surface area contributed by atoms with Crippen molar-refractivity contribution in [2.75, 3.05) is 37.1 Å². The van der Waals surface area contributed by atoms with Crippen molar-refractivity contribution in [3.63, 3.8) is 0 Å². The van der Waals surface area contributed by atoms with E-state index in [1.807, 2.05) is 25.1 Å². The highest BCUT2D eigenvalue weighted by Gasteiger charge is 2.35. The molecule has 0 saturated heterocycles. The van der Waals surface area contributed by atoms with Gasteiger partial charge in [0.05, 0.1) is 28.8 Å². The number of anilines is 2. The van der Waals surface area contributed by atoms with E-state index in [-0.39, 0.29) is 12.5 Å². The Kier molecular flexibility index (Phi) is 5.19. The summed E-state index contributed by atoms with van der Waals surface area (Å²) >= 11 is 12.1. The van der Waals surface area contributed by atoms with E-state index in [0.29, 0.717) is 27.0 Å². The average Bonchev–Trinajstić information content (AvgIpc) is 3.16. The molecule has 0 spiro atoms. The van der Waals surface area contributed by atoms with Crippen LogP contribution in [0.1, 0.15) is 16.5 Å². The molecule has 3 aromatic rings. The molecule has 1 atom stereocenters. The van der Waals surface area contributed by atoms with Crippen molar-refractivity contribution in [2.45, 2.75) is 6.04 Å². The first-order chi connectivity index (χ1) is 13.9. The maximum Gasteiger partial charge on any atom is 0.277 e. The zero-order valence-electron chi connectivity index (χ0n) is 15.8. The van der Waals surface area contributed by atoms with Crippen molar-refractivity contribution >= 4 is 40.6 Å². The van der Waals surface area contributed by atoms with E-state index in [0.717, 1.165) is 11.4 Å². The summed E-state index contributed by atoms with van der Waals surface area (Å²) < 4.78 is 15.3. The first-order valence-corrected chi connectivity index (χ1v) is 9.70. The highest BCUT2D eigenvalue weighted by molar-refractivity contribution is 6.42. The van der Waals surface area contributed by atoms with Gasteiger partial charge in [-0.05, 0) is 35.9 Å². The van der Waals surface area contributed by atoms with Gasteiger partial charge in [0.2, 0.25) is 0 Å². The van der Waals surface area contributed by atoms with Crippen molar-refractivity contribution in [2.24, 2.45) is 0 Å². The molecule has 1 aliphatic heterocycles. The Balaban J connectivity index is 1.82. The molecule has 0 fully saturated rings. The molecule has 3 heterocycles. The number of carbonyl (C=O) groups excluding carboxylic acids is 1. The largest absolute Gasteiger partial charge is 0.363 e. The summed E-state index contributed by atoms with van der Waals surface area (Å²) in [5.74, 6) is 0.470. The maximum atomic E-state index is 13.8. The van der Waals surface area contributed by atoms with Crippen LogP contribution in [0.5, 0.6) is 0 Å². The molecule has 1 aromatic carbocycles. The van der Waals surface area contributed by atoms with Gasteiger partial charge in [0.1, 0.15) is 18.2 Å². The zero-order valence-corrected chi connectivity index (χ0v) is 17.3. The number of nitrogens with zero attached hydrogens (tertiary/aromatic N) is 5. The van der Waals surface area contributed by atoms with Gasteiger partial charge < -0.3 is 9.80 Å². The van der Waals surface area contributed by atoms with Crippen molar-refractivity contribution in [3.05, 3.63) is 58.5 Å². The highest BCUT2D eigenvalue weighted by atomic mass is 35.5. The minimum absolute atomic E-state index is 0.153. The van der Waals surface area contributed by atoms with Crippen LogP contribution in [0.2, 0.25) is 10.0 Å². The Hall–Kier alpha value is -2.64. The van der Waals surface area contributed by atoms with E-state index in [9.17, 15) is 9.18 Å². The second kappa shape index (κ2) is 7.65. The Morgan fingerprint density at radius 3 is 2.69 bits per heavy atom. The molecule has 1 aliphatic rings. The van der Waals surface area contributed by atoms with E-state index in [4.69, 9.17) is 23.2 Å². The van der Waals surface area contributed by atoms with Crippen LogP contribution in [-0.2, 0) is 0 Å². The Bertz CT molecular complexity index is 1080. The summed E-state index contributed by atoms with van der Waals surface area (Å²) in [4.78, 5) is 21.1. The van der Waals surface area contributed by atoms with Crippen LogP contribution in [0.3, 0.4) is 0 Å². The summed E-state index contributed by atoms with van der Waals surface area (Å²) in [7, 11) is 3.77. The summed E-state index contributed by atoms with van der Waals surface area (Å²) in [5.41, 5.74) is 2.31. The van der Waals surface area contributed by atoms with Gasteiger partial charge in [-0.2, -0.15) is 5.10 Å². The minimum Gasteiger partial charge on any atom is -0.363 e. The quantitative estimate of drug-likeness (QED) is 0.608. The SMILES string of the molecule is CN(C)c1cc(-c2cnn3c2C(=O)N(c2ccc(Cl)c(Cl)c2)C[C@@H]3CF)ccn1. The van der Waals surface area contributed by atoms with Crippen LogP contribution in [0.25, 0.3) is 11.1 Å². The van der Waals surface area contributed by atoms with Gasteiger partial charge in [-0.25, -0.2) is 9.37 Å². The van der Waals surface area contributed by atoms with Crippen molar-refractivity contribution in [1.82, 2.24) is 14.8 Å². The lowest BCUT2D eigenvalue weighted by molar-refractivity contribution is 0.0946. The summed E-state index contributed by atoms with van der Waals surface area (Å²) in [5, 5.41) is 5.04. The molecule has 0 radical (unpaired) electrons. The number of amides is 1. The van der Waals surface area contributed by atoms with Crippen LogP contribution in [0.4, 0.5) is 15.9 Å². The number of aromatic nitrogens is 3. The van der Waals surface area contributed by atoms with Crippen molar-refractivity contribution < 1.29 is 9.18 Å². The molecule has 0 saturated carbocycles. The zero-order chi connectivity index (χ0) is 20.7. The van der Waals surface area contributed by atoms with Gasteiger partial charge in [0, 0.05) is 31.5 Å². The molecule has 2 aromatic heterocycles. The summed E-state index contributed by atoms with van der Waals surface area (Å²) in [6.07, 6.45) is 3.27. The molecular formula is C20H18Cl2FN5O. The standard InChI is InChI=1S/C20H18Cl2FN5O/c1-26(2)18-7-12(5-6-24-18)15-10-25-28-14(9-23)11-27(20(29)19(15)28)13-3-4-16(21)17(22)8-13/h3-8,10,14H,9,11H2,1-2H3/t14-/m0/s1. The van der Waals surface area contributed by atoms with Gasteiger partial charge in [-0.3, -0.25) is 9.48 Å². The molecule has 6 nitrogen and oxygen atoms in total. The monoisotopic (exact) mass is 433 g/mol. The van der Waals surface area contributed by atoms with E-state index < -0.39 is 12.7 Å². The molecule has 0 bridgehead atoms. The Labute approximate surface area is 177 Å². The van der Waals surface area contributed by atoms with Crippen molar-refractivity contribution in [1.29, 1.82) is 0 Å². The second-order valence-corrected chi connectivity index (χ2v) is 7.79. The van der Waals surface area contributed by atoms with Crippen LogP contribution in [0.15, 0.2) is 42.7 Å². The van der Waals surface area contributed by atoms with E-state index in [1.165, 1.54) is 9.58 Å². The topological polar surface area (TPSA) is 54.3 Å². The van der Waals surface area contributed by atoms with Crippen molar-refractivity contribution in [3.8, 4) is 11.1 Å². The number of alkyl halides is 1. The smallest absolute Gasteiger partial charge is 0.277 e. The number of pyridine rings is 1. The Morgan fingerprint density at radius 2 is 2.00 bits per heavy atom. The number of carbonyl (C=O) groups is 1. The molecular weight excluding hydrogens is 416 g/mol. The van der Waals surface area contributed by atoms with Crippen LogP contribution in [0, 0.1) is 0 Å². The number of fused-ring (bicyclic) bond motifs is 1. The predicted molar refractivity (Wildman–Crippen MR) is 113 cm³/mol. The summed E-state index contributed by atoms with van der Waals surface area (Å²) in [6, 6.07) is 8.01. The molecule has 29 heavy (non-hydrogen) atoms. The molecule has 0 unspecified atom stereocenters. The van der Waals surface area contributed by atoms with E-state index >= 15 is 0 Å². The average molecular weight is 434 g/mol. The minimum atomic E-state index is -0.654. The Morgan fingerprint density at radius 1 is 1.21 bits per heavy atom. The van der Waals surface area contributed by atoms with Crippen LogP contribution >= 0.6 is 23.2 Å². The third-order valence-electron chi connectivity index (χ3n) is 4.89. The molecule has 0 aliphatic carbocycles. The van der Waals surface area contributed by atoms with Gasteiger partial charge in [-0.15, -0.1) is 0 Å². The van der Waals surface area contributed by atoms with E-state index in [2.05, 4.69) is 10.1 Å². The fraction of sp³-hybridized carbons (Fsp3) is 0.250. The molecule has 0 N–H and O–H groups in total. The number of rotatable bonds is 4. The maximum absolute atomic E-state index is 13.8. The molecule has 9 heteroatoms. The third kappa shape index (κ3) is 3.45. The third-order valence-corrected chi connectivity index (χ3v) is 5.63. The van der Waals surface area contributed by atoms with Gasteiger partial charge in [0.15, 0.2) is 0 Å². The molecule has 150 valence electrons. The molecule has 1 amide bonds. The lowest BCUT2D eigenvalue weighted by Crippen LogP contribution is -2.44. The van der Waals surface area contributed by atoms with Gasteiger partial charge in [0.25, 0.3) is 5.91 Å². The predicted octanol–water partition coefficient (Wildman–Crippen LogP) is 4.49. The normalized spacial score (nSPS) is 16.1. The number of benzene rings is 1. The number of halogens is 3. The highest BCUT2D eigenvalue weighted by Crippen LogP contribution is 2.35. The second-order valence-electron chi connectivity index (χ2n) is 6.97. The number of hydrogen-bond acceptors (Lipinski definition) is 4. The molecule has 4 rings (SSSR count). The first kappa shape index (κ1) is 19.7.